The second kappa shape index (κ2) is 7.26. The van der Waals surface area contributed by atoms with Crippen LogP contribution in [-0.4, -0.2) is 12.6 Å². The van der Waals surface area contributed by atoms with E-state index in [4.69, 9.17) is 13.9 Å². The van der Waals surface area contributed by atoms with Gasteiger partial charge in [0, 0.05) is 12.1 Å². The molecule has 0 atom stereocenters. The number of hydrogen-bond donors (Lipinski definition) is 0. The molecule has 0 fully saturated rings. The lowest BCUT2D eigenvalue weighted by Crippen LogP contribution is -2.04. The van der Waals surface area contributed by atoms with Gasteiger partial charge in [-0.1, -0.05) is 12.1 Å². The summed E-state index contributed by atoms with van der Waals surface area (Å²) in [7, 11) is 0. The van der Waals surface area contributed by atoms with Crippen LogP contribution in [0.5, 0.6) is 11.5 Å². The van der Waals surface area contributed by atoms with Gasteiger partial charge in [0.15, 0.2) is 0 Å². The molecule has 1 heterocycles. The Bertz CT molecular complexity index is 725. The normalized spacial score (nSPS) is 10.6. The zero-order valence-electron chi connectivity index (χ0n) is 12.4. The molecule has 0 N–H and O–H groups in total. The predicted octanol–water partition coefficient (Wildman–Crippen LogP) is 3.32. The predicted molar refractivity (Wildman–Crippen MR) is 81.9 cm³/mol. The molecular formula is C17H16O5. The molecule has 22 heavy (non-hydrogen) atoms. The summed E-state index contributed by atoms with van der Waals surface area (Å²) < 4.78 is 15.5. The van der Waals surface area contributed by atoms with Gasteiger partial charge < -0.3 is 13.9 Å². The fourth-order valence-corrected chi connectivity index (χ4v) is 1.74. The largest absolute Gasteiger partial charge is 0.465 e. The highest BCUT2D eigenvalue weighted by Crippen LogP contribution is 2.21. The zero-order valence-corrected chi connectivity index (χ0v) is 12.4. The molecule has 0 radical (unpaired) electrons. The number of esters is 1. The second-order valence-corrected chi connectivity index (χ2v) is 4.43. The third-order valence-electron chi connectivity index (χ3n) is 2.81. The number of carbonyl (C=O) groups excluding carboxylic acids is 1. The highest BCUT2D eigenvalue weighted by atomic mass is 16.5. The van der Waals surface area contributed by atoms with Gasteiger partial charge in [-0.25, -0.2) is 4.79 Å². The Hall–Kier alpha value is -2.82. The Kier molecular flexibility index (Phi) is 5.14. The summed E-state index contributed by atoms with van der Waals surface area (Å²) in [6, 6.07) is 8.25. The lowest BCUT2D eigenvalue weighted by Gasteiger charge is -2.06. The minimum Gasteiger partial charge on any atom is -0.465 e. The van der Waals surface area contributed by atoms with E-state index in [0.29, 0.717) is 18.1 Å². The van der Waals surface area contributed by atoms with Gasteiger partial charge >= 0.3 is 5.97 Å². The monoisotopic (exact) mass is 300 g/mol. The third-order valence-corrected chi connectivity index (χ3v) is 2.81. The van der Waals surface area contributed by atoms with Gasteiger partial charge in [0.25, 0.3) is 0 Å². The molecule has 0 aliphatic heterocycles. The van der Waals surface area contributed by atoms with Crippen molar-refractivity contribution in [2.45, 2.75) is 13.8 Å². The molecule has 1 aromatic heterocycles. The molecule has 1 aromatic carbocycles. The van der Waals surface area contributed by atoms with Gasteiger partial charge in [-0.05, 0) is 37.6 Å². The van der Waals surface area contributed by atoms with Crippen LogP contribution in [0.4, 0.5) is 0 Å². The minimum absolute atomic E-state index is 0.164. The number of carbonyl (C=O) groups is 1. The summed E-state index contributed by atoms with van der Waals surface area (Å²) in [6.07, 6.45) is 4.33. The fraction of sp³-hybridized carbons (Fsp3) is 0.176. The smallest absolute Gasteiger partial charge is 0.330 e. The van der Waals surface area contributed by atoms with E-state index < -0.39 is 0 Å². The lowest BCUT2D eigenvalue weighted by atomic mass is 10.2. The first-order chi connectivity index (χ1) is 10.6. The molecule has 5 heteroatoms. The molecule has 2 rings (SSSR count). The van der Waals surface area contributed by atoms with Crippen LogP contribution in [0.3, 0.4) is 0 Å². The highest BCUT2D eigenvalue weighted by molar-refractivity contribution is 5.87. The van der Waals surface area contributed by atoms with Gasteiger partial charge in [-0.3, -0.25) is 4.79 Å². The molecule has 5 nitrogen and oxygen atoms in total. The number of hydrogen-bond acceptors (Lipinski definition) is 5. The Labute approximate surface area is 127 Å². The average Bonchev–Trinajstić information content (AvgIpc) is 2.50. The van der Waals surface area contributed by atoms with Crippen LogP contribution < -0.4 is 10.2 Å². The van der Waals surface area contributed by atoms with Crippen molar-refractivity contribution in [2.75, 3.05) is 6.61 Å². The maximum atomic E-state index is 11.7. The van der Waals surface area contributed by atoms with Crippen LogP contribution >= 0.6 is 0 Å². The second-order valence-electron chi connectivity index (χ2n) is 4.43. The van der Waals surface area contributed by atoms with Crippen molar-refractivity contribution in [3.05, 3.63) is 64.2 Å². The maximum absolute atomic E-state index is 11.7. The van der Waals surface area contributed by atoms with E-state index in [1.165, 1.54) is 18.4 Å². The molecule has 0 unspecified atom stereocenters. The fourth-order valence-electron chi connectivity index (χ4n) is 1.74. The van der Waals surface area contributed by atoms with Crippen LogP contribution in [-0.2, 0) is 9.53 Å². The van der Waals surface area contributed by atoms with Crippen molar-refractivity contribution >= 4 is 12.0 Å². The Morgan fingerprint density at radius 2 is 1.95 bits per heavy atom. The Balaban J connectivity index is 2.09. The van der Waals surface area contributed by atoms with E-state index in [2.05, 4.69) is 0 Å². The number of benzene rings is 1. The van der Waals surface area contributed by atoms with Crippen LogP contribution in [0.25, 0.3) is 6.08 Å². The Morgan fingerprint density at radius 1 is 1.23 bits per heavy atom. The van der Waals surface area contributed by atoms with E-state index in [9.17, 15) is 9.59 Å². The van der Waals surface area contributed by atoms with Gasteiger partial charge in [-0.15, -0.1) is 0 Å². The Morgan fingerprint density at radius 3 is 2.59 bits per heavy atom. The summed E-state index contributed by atoms with van der Waals surface area (Å²) in [4.78, 5) is 22.9. The van der Waals surface area contributed by atoms with Crippen LogP contribution in [0.1, 0.15) is 18.2 Å². The van der Waals surface area contributed by atoms with Crippen molar-refractivity contribution < 1.29 is 18.7 Å². The molecule has 0 aliphatic rings. The summed E-state index contributed by atoms with van der Waals surface area (Å²) >= 11 is 0. The van der Waals surface area contributed by atoms with Crippen LogP contribution in [0.2, 0.25) is 0 Å². The van der Waals surface area contributed by atoms with E-state index in [-0.39, 0.29) is 17.1 Å². The summed E-state index contributed by atoms with van der Waals surface area (Å²) in [5.41, 5.74) is 0.576. The number of rotatable bonds is 5. The van der Waals surface area contributed by atoms with E-state index in [1.807, 2.05) is 0 Å². The molecule has 2 aromatic rings. The van der Waals surface area contributed by atoms with Crippen molar-refractivity contribution in [1.82, 2.24) is 0 Å². The first-order valence-corrected chi connectivity index (χ1v) is 6.81. The molecule has 0 bridgehead atoms. The van der Waals surface area contributed by atoms with Gasteiger partial charge in [0.1, 0.15) is 11.5 Å². The first-order valence-electron chi connectivity index (χ1n) is 6.81. The van der Waals surface area contributed by atoms with Crippen LogP contribution in [0, 0.1) is 6.92 Å². The average molecular weight is 300 g/mol. The summed E-state index contributed by atoms with van der Waals surface area (Å²) in [5, 5.41) is 0. The van der Waals surface area contributed by atoms with Crippen molar-refractivity contribution in [3.63, 3.8) is 0 Å². The van der Waals surface area contributed by atoms with Crippen molar-refractivity contribution in [1.29, 1.82) is 0 Å². The summed E-state index contributed by atoms with van der Waals surface area (Å²) in [5.74, 6) is 0.700. The molecule has 0 spiro atoms. The van der Waals surface area contributed by atoms with E-state index in [0.717, 1.165) is 5.56 Å². The summed E-state index contributed by atoms with van der Waals surface area (Å²) in [6.45, 7) is 3.75. The lowest BCUT2D eigenvalue weighted by molar-refractivity contribution is -0.137. The molecule has 0 amide bonds. The molecule has 114 valence electrons. The highest BCUT2D eigenvalue weighted by Gasteiger charge is 2.07. The quantitative estimate of drug-likeness (QED) is 0.626. The first kappa shape index (κ1) is 15.6. The van der Waals surface area contributed by atoms with Crippen molar-refractivity contribution in [2.24, 2.45) is 0 Å². The molecular weight excluding hydrogens is 284 g/mol. The van der Waals surface area contributed by atoms with Gasteiger partial charge in [-0.2, -0.15) is 0 Å². The maximum Gasteiger partial charge on any atom is 0.330 e. The SMILES string of the molecule is CCOC(=O)C=Cc1ccc(Oc2c(C)occc2=O)cc1. The van der Waals surface area contributed by atoms with E-state index in [1.54, 1.807) is 44.2 Å². The van der Waals surface area contributed by atoms with Crippen LogP contribution in [0.15, 0.2) is 51.9 Å². The van der Waals surface area contributed by atoms with Gasteiger partial charge in [0.2, 0.25) is 11.2 Å². The van der Waals surface area contributed by atoms with E-state index >= 15 is 0 Å². The molecule has 0 aliphatic carbocycles. The number of aryl methyl sites for hydroxylation is 1. The minimum atomic E-state index is -0.389. The molecule has 0 saturated carbocycles. The topological polar surface area (TPSA) is 65.7 Å². The molecule has 0 saturated heterocycles. The standard InChI is InChI=1S/C17H16O5/c1-3-20-16(19)9-6-13-4-7-14(8-5-13)22-17-12(2)21-11-10-15(17)18/h4-11H,3H2,1-2H3. The van der Waals surface area contributed by atoms with Gasteiger partial charge in [0.05, 0.1) is 12.9 Å². The number of ether oxygens (including phenoxy) is 2. The third kappa shape index (κ3) is 4.09. The van der Waals surface area contributed by atoms with Crippen molar-refractivity contribution in [3.8, 4) is 11.5 Å². The zero-order chi connectivity index (χ0) is 15.9.